The maximum absolute atomic E-state index is 12.3. The van der Waals surface area contributed by atoms with Crippen LogP contribution in [-0.2, 0) is 0 Å². The quantitative estimate of drug-likeness (QED) is 0.793. The van der Waals surface area contributed by atoms with Gasteiger partial charge in [0, 0.05) is 38.9 Å². The molecular formula is C14H21NOS2. The van der Waals surface area contributed by atoms with Gasteiger partial charge in [-0.25, -0.2) is 0 Å². The molecule has 1 saturated heterocycles. The summed E-state index contributed by atoms with van der Waals surface area (Å²) in [5.74, 6) is 1.40. The van der Waals surface area contributed by atoms with Crippen molar-refractivity contribution >= 4 is 28.9 Å². The van der Waals surface area contributed by atoms with Crippen molar-refractivity contribution < 1.29 is 4.79 Å². The van der Waals surface area contributed by atoms with Gasteiger partial charge in [0.1, 0.15) is 0 Å². The lowest BCUT2D eigenvalue weighted by molar-refractivity contribution is 0.0927. The Hall–Kier alpha value is -0.320. The molecule has 2 nitrogen and oxygen atoms in total. The van der Waals surface area contributed by atoms with E-state index >= 15 is 0 Å². The second-order valence-corrected chi connectivity index (χ2v) is 8.83. The summed E-state index contributed by atoms with van der Waals surface area (Å²) in [6, 6.07) is 2.03. The van der Waals surface area contributed by atoms with E-state index in [0.717, 1.165) is 29.3 Å². The maximum Gasteiger partial charge on any atom is 0.177 e. The SMILES string of the molecule is Cc1cc(C(=O)CN2CCSC(C)(C)C2)c(C)s1. The van der Waals surface area contributed by atoms with Crippen LogP contribution in [0.4, 0.5) is 0 Å². The highest BCUT2D eigenvalue weighted by atomic mass is 32.2. The molecule has 0 bridgehead atoms. The molecule has 1 fully saturated rings. The molecule has 0 unspecified atom stereocenters. The van der Waals surface area contributed by atoms with Gasteiger partial charge in [0.2, 0.25) is 0 Å². The number of hydrogen-bond acceptors (Lipinski definition) is 4. The fourth-order valence-corrected chi connectivity index (χ4v) is 4.56. The molecule has 0 spiro atoms. The zero-order valence-electron chi connectivity index (χ0n) is 11.6. The third-order valence-corrected chi connectivity index (χ3v) is 5.48. The van der Waals surface area contributed by atoms with Gasteiger partial charge in [0.15, 0.2) is 5.78 Å². The Morgan fingerprint density at radius 2 is 2.17 bits per heavy atom. The summed E-state index contributed by atoms with van der Waals surface area (Å²) in [5, 5.41) is 0. The maximum atomic E-state index is 12.3. The first-order valence-electron chi connectivity index (χ1n) is 6.34. The Morgan fingerprint density at radius 1 is 1.44 bits per heavy atom. The highest BCUT2D eigenvalue weighted by molar-refractivity contribution is 8.00. The van der Waals surface area contributed by atoms with Gasteiger partial charge in [0.25, 0.3) is 0 Å². The van der Waals surface area contributed by atoms with Gasteiger partial charge in [0.05, 0.1) is 6.54 Å². The number of aryl methyl sites for hydroxylation is 2. The first-order valence-corrected chi connectivity index (χ1v) is 8.14. The summed E-state index contributed by atoms with van der Waals surface area (Å²) >= 11 is 3.72. The monoisotopic (exact) mass is 283 g/mol. The van der Waals surface area contributed by atoms with Crippen LogP contribution in [0.5, 0.6) is 0 Å². The number of ketones is 1. The van der Waals surface area contributed by atoms with Crippen molar-refractivity contribution in [2.45, 2.75) is 32.4 Å². The van der Waals surface area contributed by atoms with Crippen LogP contribution in [0.2, 0.25) is 0 Å². The van der Waals surface area contributed by atoms with E-state index in [1.54, 1.807) is 11.3 Å². The minimum Gasteiger partial charge on any atom is -0.294 e. The highest BCUT2D eigenvalue weighted by Crippen LogP contribution is 2.29. The Bertz CT molecular complexity index is 451. The molecule has 2 heterocycles. The molecule has 0 atom stereocenters. The summed E-state index contributed by atoms with van der Waals surface area (Å²) in [6.45, 7) is 11.2. The number of nitrogens with zero attached hydrogens (tertiary/aromatic N) is 1. The minimum absolute atomic E-state index is 0.276. The molecular weight excluding hydrogens is 262 g/mol. The smallest absolute Gasteiger partial charge is 0.177 e. The lowest BCUT2D eigenvalue weighted by Crippen LogP contribution is -2.45. The van der Waals surface area contributed by atoms with Gasteiger partial charge in [-0.1, -0.05) is 0 Å². The van der Waals surface area contributed by atoms with Crippen LogP contribution in [-0.4, -0.2) is 40.8 Å². The van der Waals surface area contributed by atoms with Crippen molar-refractivity contribution in [1.29, 1.82) is 0 Å². The van der Waals surface area contributed by atoms with Gasteiger partial charge < -0.3 is 0 Å². The molecule has 0 radical (unpaired) electrons. The van der Waals surface area contributed by atoms with Gasteiger partial charge in [-0.05, 0) is 33.8 Å². The molecule has 1 aromatic rings. The number of thiophene rings is 1. The van der Waals surface area contributed by atoms with Crippen molar-refractivity contribution in [2.75, 3.05) is 25.4 Å². The third kappa shape index (κ3) is 3.37. The Kier molecular flexibility index (Phi) is 4.19. The second-order valence-electron chi connectivity index (χ2n) is 5.57. The Labute approximate surface area is 118 Å². The largest absolute Gasteiger partial charge is 0.294 e. The normalized spacial score (nSPS) is 20.0. The predicted octanol–water partition coefficient (Wildman–Crippen LogP) is 3.38. The zero-order valence-corrected chi connectivity index (χ0v) is 13.2. The van der Waals surface area contributed by atoms with E-state index in [1.807, 2.05) is 24.8 Å². The first kappa shape index (κ1) is 14.1. The van der Waals surface area contributed by atoms with E-state index in [2.05, 4.69) is 25.7 Å². The van der Waals surface area contributed by atoms with Crippen molar-refractivity contribution in [3.05, 3.63) is 21.4 Å². The number of carbonyl (C=O) groups excluding carboxylic acids is 1. The fourth-order valence-electron chi connectivity index (χ4n) is 2.45. The highest BCUT2D eigenvalue weighted by Gasteiger charge is 2.28. The van der Waals surface area contributed by atoms with Crippen molar-refractivity contribution in [1.82, 2.24) is 4.90 Å². The lowest BCUT2D eigenvalue weighted by Gasteiger charge is -2.37. The number of hydrogen-bond donors (Lipinski definition) is 0. The van der Waals surface area contributed by atoms with Gasteiger partial charge in [-0.2, -0.15) is 11.8 Å². The van der Waals surface area contributed by atoms with E-state index in [1.165, 1.54) is 4.88 Å². The molecule has 2 rings (SSSR count). The standard InChI is InChI=1S/C14H21NOS2/c1-10-7-12(11(2)18-10)13(16)8-15-5-6-17-14(3,4)9-15/h7H,5-6,8-9H2,1-4H3. The van der Waals surface area contributed by atoms with Crippen LogP contribution in [0.3, 0.4) is 0 Å². The minimum atomic E-state index is 0.276. The molecule has 0 saturated carbocycles. The van der Waals surface area contributed by atoms with Crippen LogP contribution < -0.4 is 0 Å². The number of thioether (sulfide) groups is 1. The molecule has 0 aliphatic carbocycles. The Morgan fingerprint density at radius 3 is 2.72 bits per heavy atom. The van der Waals surface area contributed by atoms with E-state index in [0.29, 0.717) is 6.54 Å². The molecule has 0 aromatic carbocycles. The summed E-state index contributed by atoms with van der Waals surface area (Å²) in [5.41, 5.74) is 0.925. The molecule has 18 heavy (non-hydrogen) atoms. The number of rotatable bonds is 3. The summed E-state index contributed by atoms with van der Waals surface area (Å²) in [7, 11) is 0. The van der Waals surface area contributed by atoms with E-state index < -0.39 is 0 Å². The molecule has 1 aromatic heterocycles. The van der Waals surface area contributed by atoms with Gasteiger partial charge >= 0.3 is 0 Å². The summed E-state index contributed by atoms with van der Waals surface area (Å²) < 4.78 is 0.276. The van der Waals surface area contributed by atoms with E-state index in [9.17, 15) is 4.79 Å². The zero-order chi connectivity index (χ0) is 13.3. The molecule has 100 valence electrons. The second kappa shape index (κ2) is 5.35. The lowest BCUT2D eigenvalue weighted by atomic mass is 10.1. The van der Waals surface area contributed by atoms with Gasteiger partial charge in [-0.15, -0.1) is 11.3 Å². The van der Waals surface area contributed by atoms with Crippen molar-refractivity contribution in [3.63, 3.8) is 0 Å². The van der Waals surface area contributed by atoms with Crippen LogP contribution in [0.25, 0.3) is 0 Å². The van der Waals surface area contributed by atoms with Crippen molar-refractivity contribution in [3.8, 4) is 0 Å². The topological polar surface area (TPSA) is 20.3 Å². The molecule has 0 N–H and O–H groups in total. The first-order chi connectivity index (χ1) is 8.37. The molecule has 1 aliphatic rings. The van der Waals surface area contributed by atoms with Gasteiger partial charge in [-0.3, -0.25) is 9.69 Å². The average molecular weight is 283 g/mol. The van der Waals surface area contributed by atoms with Crippen LogP contribution >= 0.6 is 23.1 Å². The van der Waals surface area contributed by atoms with Crippen LogP contribution in [0.1, 0.15) is 34.0 Å². The van der Waals surface area contributed by atoms with Crippen LogP contribution in [0, 0.1) is 13.8 Å². The summed E-state index contributed by atoms with van der Waals surface area (Å²) in [6.07, 6.45) is 0. The van der Waals surface area contributed by atoms with Crippen LogP contribution in [0.15, 0.2) is 6.07 Å². The fraction of sp³-hybridized carbons (Fsp3) is 0.643. The molecule has 1 aliphatic heterocycles. The summed E-state index contributed by atoms with van der Waals surface area (Å²) in [4.78, 5) is 17.0. The third-order valence-electron chi connectivity index (χ3n) is 3.21. The number of carbonyl (C=O) groups is 1. The van der Waals surface area contributed by atoms with E-state index in [-0.39, 0.29) is 10.5 Å². The average Bonchev–Trinajstić information content (AvgIpc) is 2.56. The predicted molar refractivity (Wildman–Crippen MR) is 81.1 cm³/mol. The Balaban J connectivity index is 2.01. The molecule has 0 amide bonds. The molecule has 4 heteroatoms. The van der Waals surface area contributed by atoms with Crippen molar-refractivity contribution in [2.24, 2.45) is 0 Å². The number of Topliss-reactive ketones (excluding diaryl/α,β-unsaturated/α-hetero) is 1. The van der Waals surface area contributed by atoms with E-state index in [4.69, 9.17) is 0 Å².